The van der Waals surface area contributed by atoms with Crippen LogP contribution >= 0.6 is 0 Å². The molecule has 5 atom stereocenters. The van der Waals surface area contributed by atoms with Gasteiger partial charge in [0, 0.05) is 5.57 Å². The molecule has 0 saturated carbocycles. The third kappa shape index (κ3) is 2.90. The van der Waals surface area contributed by atoms with Gasteiger partial charge in [0.25, 0.3) is 0 Å². The number of aliphatic hydroxyl groups is 2. The van der Waals surface area contributed by atoms with Crippen LogP contribution in [0.1, 0.15) is 41.0 Å². The summed E-state index contributed by atoms with van der Waals surface area (Å²) in [4.78, 5) is 12.1. The lowest BCUT2D eigenvalue weighted by molar-refractivity contribution is -0.140. The third-order valence-electron chi connectivity index (χ3n) is 5.45. The van der Waals surface area contributed by atoms with E-state index in [0.29, 0.717) is 22.8 Å². The molecule has 2 heterocycles. The van der Waals surface area contributed by atoms with Crippen molar-refractivity contribution in [3.05, 3.63) is 47.0 Å². The normalized spacial score (nSPS) is 38.9. The second-order valence-electron chi connectivity index (χ2n) is 7.61. The summed E-state index contributed by atoms with van der Waals surface area (Å²) < 4.78 is 11.6. The Labute approximate surface area is 148 Å². The zero-order valence-electron chi connectivity index (χ0n) is 15.4. The molecule has 5 heteroatoms. The number of fused-ring (bicyclic) bond motifs is 1. The molecule has 2 N–H and O–H groups in total. The first kappa shape index (κ1) is 18.1. The highest BCUT2D eigenvalue weighted by molar-refractivity contribution is 6.01. The number of hydrogen-bond acceptors (Lipinski definition) is 5. The van der Waals surface area contributed by atoms with Crippen LogP contribution in [0.25, 0.3) is 0 Å². The first-order valence-corrected chi connectivity index (χ1v) is 8.73. The predicted molar refractivity (Wildman–Crippen MR) is 93.5 cm³/mol. The second kappa shape index (κ2) is 5.94. The standard InChI is InChI=1S/C20H26O5/c1-6-11(2)7-12(3)18-20(5,25-18)16-9-13-8-15(21)19(4,23)17(22)14(13)10-24-16/h7-11,17-18,22-23H,6H2,1-5H3/b12-7+/t11-,17+,18-,19+,20-/m0/s1. The highest BCUT2D eigenvalue weighted by atomic mass is 16.6. The Bertz CT molecular complexity index is 724. The van der Waals surface area contributed by atoms with Gasteiger partial charge in [0.2, 0.25) is 0 Å². The van der Waals surface area contributed by atoms with Crippen molar-refractivity contribution in [2.24, 2.45) is 5.92 Å². The number of ketones is 1. The van der Waals surface area contributed by atoms with Gasteiger partial charge in [-0.1, -0.05) is 26.3 Å². The van der Waals surface area contributed by atoms with E-state index in [0.717, 1.165) is 12.0 Å². The van der Waals surface area contributed by atoms with Crippen molar-refractivity contribution in [2.75, 3.05) is 0 Å². The molecule has 136 valence electrons. The van der Waals surface area contributed by atoms with Crippen molar-refractivity contribution >= 4 is 5.78 Å². The van der Waals surface area contributed by atoms with Crippen molar-refractivity contribution in [1.29, 1.82) is 0 Å². The van der Waals surface area contributed by atoms with E-state index in [-0.39, 0.29) is 6.10 Å². The van der Waals surface area contributed by atoms with Crippen LogP contribution in [0.5, 0.6) is 0 Å². The van der Waals surface area contributed by atoms with Gasteiger partial charge in [-0.25, -0.2) is 0 Å². The smallest absolute Gasteiger partial charge is 0.190 e. The zero-order chi connectivity index (χ0) is 18.6. The van der Waals surface area contributed by atoms with E-state index in [2.05, 4.69) is 26.8 Å². The van der Waals surface area contributed by atoms with E-state index in [1.165, 1.54) is 19.3 Å². The van der Waals surface area contributed by atoms with Crippen LogP contribution in [-0.4, -0.2) is 39.4 Å². The van der Waals surface area contributed by atoms with Crippen LogP contribution in [0.2, 0.25) is 0 Å². The maximum absolute atomic E-state index is 12.1. The molecule has 0 radical (unpaired) electrons. The highest BCUT2D eigenvalue weighted by Crippen LogP contribution is 2.49. The Morgan fingerprint density at radius 2 is 2.08 bits per heavy atom. The van der Waals surface area contributed by atoms with Crippen LogP contribution in [0.3, 0.4) is 0 Å². The van der Waals surface area contributed by atoms with Crippen LogP contribution in [0, 0.1) is 5.92 Å². The van der Waals surface area contributed by atoms with Crippen molar-refractivity contribution in [2.45, 2.75) is 64.4 Å². The van der Waals surface area contributed by atoms with Gasteiger partial charge in [0.1, 0.15) is 18.0 Å². The molecule has 0 bridgehead atoms. The number of carbonyl (C=O) groups excluding carboxylic acids is 1. The summed E-state index contributed by atoms with van der Waals surface area (Å²) >= 11 is 0. The average molecular weight is 346 g/mol. The Kier molecular flexibility index (Phi) is 4.30. The number of hydrogen-bond donors (Lipinski definition) is 2. The van der Waals surface area contributed by atoms with E-state index in [4.69, 9.17) is 9.47 Å². The Morgan fingerprint density at radius 3 is 2.72 bits per heavy atom. The number of aliphatic hydroxyl groups excluding tert-OH is 1. The molecule has 1 aliphatic carbocycles. The van der Waals surface area contributed by atoms with Gasteiger partial charge in [0.15, 0.2) is 17.0 Å². The number of epoxide rings is 1. The summed E-state index contributed by atoms with van der Waals surface area (Å²) in [6.07, 6.45) is 6.39. The maximum Gasteiger partial charge on any atom is 0.190 e. The topological polar surface area (TPSA) is 79.3 Å². The van der Waals surface area contributed by atoms with E-state index < -0.39 is 23.1 Å². The minimum atomic E-state index is -1.83. The molecule has 5 nitrogen and oxygen atoms in total. The van der Waals surface area contributed by atoms with Crippen molar-refractivity contribution in [3.8, 4) is 0 Å². The van der Waals surface area contributed by atoms with Gasteiger partial charge in [-0.15, -0.1) is 0 Å². The van der Waals surface area contributed by atoms with Crippen molar-refractivity contribution < 1.29 is 24.5 Å². The van der Waals surface area contributed by atoms with E-state index in [1.54, 1.807) is 6.08 Å². The fraction of sp³-hybridized carbons (Fsp3) is 0.550. The largest absolute Gasteiger partial charge is 0.466 e. The summed E-state index contributed by atoms with van der Waals surface area (Å²) in [7, 11) is 0. The van der Waals surface area contributed by atoms with Crippen molar-refractivity contribution in [3.63, 3.8) is 0 Å². The molecule has 1 saturated heterocycles. The Balaban J connectivity index is 1.85. The predicted octanol–water partition coefficient (Wildman–Crippen LogP) is 2.56. The summed E-state index contributed by atoms with van der Waals surface area (Å²) in [6.45, 7) is 9.62. The van der Waals surface area contributed by atoms with E-state index in [1.807, 2.05) is 6.92 Å². The summed E-state index contributed by atoms with van der Waals surface area (Å²) in [5.41, 5.74) is -0.286. The number of allylic oxidation sites excluding steroid dienone is 2. The SMILES string of the molecule is CC[C@H](C)/C=C(\C)[C@@H]1O[C@@]1(C)C1=CC2=CC(=O)[C@@](C)(O)[C@H](O)C2=CO1. The highest BCUT2D eigenvalue weighted by Gasteiger charge is 2.58. The summed E-state index contributed by atoms with van der Waals surface area (Å²) in [6, 6.07) is 0. The maximum atomic E-state index is 12.1. The Hall–Kier alpha value is -1.69. The lowest BCUT2D eigenvalue weighted by atomic mass is 9.79. The van der Waals surface area contributed by atoms with Crippen LogP contribution in [-0.2, 0) is 14.3 Å². The molecular formula is C20H26O5. The lowest BCUT2D eigenvalue weighted by Gasteiger charge is -2.34. The third-order valence-corrected chi connectivity index (χ3v) is 5.45. The van der Waals surface area contributed by atoms with Crippen LogP contribution in [0.15, 0.2) is 47.0 Å². The molecule has 2 aliphatic heterocycles. The molecule has 0 aromatic rings. The molecular weight excluding hydrogens is 320 g/mol. The molecule has 3 rings (SSSR count). The molecule has 1 fully saturated rings. The first-order chi connectivity index (χ1) is 11.6. The molecule has 0 aromatic heterocycles. The Morgan fingerprint density at radius 1 is 1.40 bits per heavy atom. The average Bonchev–Trinajstić information content (AvgIpc) is 3.26. The summed E-state index contributed by atoms with van der Waals surface area (Å²) in [5.74, 6) is 0.569. The lowest BCUT2D eigenvalue weighted by Crippen LogP contribution is -2.50. The first-order valence-electron chi connectivity index (χ1n) is 8.73. The van der Waals surface area contributed by atoms with Crippen LogP contribution in [0.4, 0.5) is 0 Å². The minimum absolute atomic E-state index is 0.0596. The van der Waals surface area contributed by atoms with Gasteiger partial charge in [-0.05, 0) is 50.0 Å². The quantitative estimate of drug-likeness (QED) is 0.604. The van der Waals surface area contributed by atoms with Crippen LogP contribution < -0.4 is 0 Å². The number of rotatable bonds is 4. The van der Waals surface area contributed by atoms with E-state index >= 15 is 0 Å². The van der Waals surface area contributed by atoms with Gasteiger partial charge in [-0.3, -0.25) is 4.79 Å². The molecule has 0 amide bonds. The summed E-state index contributed by atoms with van der Waals surface area (Å²) in [5, 5.41) is 20.4. The van der Waals surface area contributed by atoms with Gasteiger partial charge >= 0.3 is 0 Å². The zero-order valence-corrected chi connectivity index (χ0v) is 15.4. The fourth-order valence-corrected chi connectivity index (χ4v) is 3.37. The van der Waals surface area contributed by atoms with Gasteiger partial charge in [-0.2, -0.15) is 0 Å². The van der Waals surface area contributed by atoms with Gasteiger partial charge in [0.05, 0.1) is 6.26 Å². The van der Waals surface area contributed by atoms with E-state index in [9.17, 15) is 15.0 Å². The van der Waals surface area contributed by atoms with Crippen molar-refractivity contribution in [1.82, 2.24) is 0 Å². The monoisotopic (exact) mass is 346 g/mol. The number of ether oxygens (including phenoxy) is 2. The molecule has 0 spiro atoms. The second-order valence-corrected chi connectivity index (χ2v) is 7.61. The molecule has 0 aromatic carbocycles. The minimum Gasteiger partial charge on any atom is -0.466 e. The molecule has 0 unspecified atom stereocenters. The van der Waals surface area contributed by atoms with Gasteiger partial charge < -0.3 is 19.7 Å². The number of carbonyl (C=O) groups is 1. The fourth-order valence-electron chi connectivity index (χ4n) is 3.37. The molecule has 3 aliphatic rings. The molecule has 25 heavy (non-hydrogen) atoms.